The van der Waals surface area contributed by atoms with Crippen LogP contribution in [0.2, 0.25) is 0 Å². The van der Waals surface area contributed by atoms with E-state index in [1.165, 1.54) is 5.56 Å². The van der Waals surface area contributed by atoms with Gasteiger partial charge in [-0.25, -0.2) is 0 Å². The van der Waals surface area contributed by atoms with Crippen LogP contribution in [-0.2, 0) is 10.4 Å². The summed E-state index contributed by atoms with van der Waals surface area (Å²) in [7, 11) is 0. The molecule has 1 amide bonds. The van der Waals surface area contributed by atoms with E-state index in [0.29, 0.717) is 25.9 Å². The quantitative estimate of drug-likeness (QED) is 0.729. The van der Waals surface area contributed by atoms with Gasteiger partial charge in [0.15, 0.2) is 0 Å². The second-order valence-corrected chi connectivity index (χ2v) is 7.10. The van der Waals surface area contributed by atoms with E-state index in [0.717, 1.165) is 12.0 Å². The average molecular weight is 335 g/mol. The highest BCUT2D eigenvalue weighted by Crippen LogP contribution is 2.29. The molecule has 0 radical (unpaired) electrons. The van der Waals surface area contributed by atoms with Crippen LogP contribution < -0.4 is 5.73 Å². The Morgan fingerprint density at radius 2 is 1.79 bits per heavy atom. The van der Waals surface area contributed by atoms with Gasteiger partial charge in [0.2, 0.25) is 5.91 Å². The summed E-state index contributed by atoms with van der Waals surface area (Å²) in [5, 5.41) is 11.1. The highest BCUT2D eigenvalue weighted by atomic mass is 16.3. The van der Waals surface area contributed by atoms with Crippen LogP contribution in [0.15, 0.2) is 24.3 Å². The first-order valence-electron chi connectivity index (χ1n) is 9.09. The van der Waals surface area contributed by atoms with Crippen LogP contribution in [0.3, 0.4) is 0 Å². The summed E-state index contributed by atoms with van der Waals surface area (Å²) >= 11 is 0. The first-order chi connectivity index (χ1) is 11.2. The maximum atomic E-state index is 12.6. The Morgan fingerprint density at radius 3 is 2.25 bits per heavy atom. The highest BCUT2D eigenvalue weighted by Gasteiger charge is 2.30. The zero-order valence-electron chi connectivity index (χ0n) is 15.9. The molecule has 0 fully saturated rings. The number of carbonyl (C=O) groups excluding carboxylic acids is 1. The van der Waals surface area contributed by atoms with Crippen molar-refractivity contribution in [2.45, 2.75) is 65.5 Å². The van der Waals surface area contributed by atoms with Crippen LogP contribution in [0.5, 0.6) is 0 Å². The molecule has 24 heavy (non-hydrogen) atoms. The summed E-state index contributed by atoms with van der Waals surface area (Å²) in [5.41, 5.74) is 7.20. The molecule has 0 aliphatic heterocycles. The van der Waals surface area contributed by atoms with Gasteiger partial charge in [-0.15, -0.1) is 0 Å². The fourth-order valence-corrected chi connectivity index (χ4v) is 2.81. The predicted molar refractivity (Wildman–Crippen MR) is 99.7 cm³/mol. The number of aryl methyl sites for hydroxylation is 1. The molecule has 0 saturated heterocycles. The maximum absolute atomic E-state index is 12.6. The smallest absolute Gasteiger partial charge is 0.239 e. The Kier molecular flexibility index (Phi) is 7.91. The molecule has 3 N–H and O–H groups in total. The van der Waals surface area contributed by atoms with Gasteiger partial charge in [-0.2, -0.15) is 0 Å². The standard InChI is InChI=1S/C20H34N2O2/c1-6-13-22(19(23)18(21)15(3)4)14-12-20(24,7-2)17-10-8-16(5)9-11-17/h8-11,15,18,24H,6-7,12-14,21H2,1-5H3/t18-,20?/m1/s1. The van der Waals surface area contributed by atoms with Crippen molar-refractivity contribution in [1.82, 2.24) is 4.90 Å². The van der Waals surface area contributed by atoms with E-state index in [-0.39, 0.29) is 11.8 Å². The van der Waals surface area contributed by atoms with Crippen molar-refractivity contribution in [2.75, 3.05) is 13.1 Å². The molecule has 0 saturated carbocycles. The van der Waals surface area contributed by atoms with Crippen LogP contribution in [0, 0.1) is 12.8 Å². The monoisotopic (exact) mass is 334 g/mol. The molecular formula is C20H34N2O2. The third-order valence-electron chi connectivity index (χ3n) is 4.78. The van der Waals surface area contributed by atoms with Crippen molar-refractivity contribution in [3.8, 4) is 0 Å². The van der Waals surface area contributed by atoms with Crippen molar-refractivity contribution in [1.29, 1.82) is 0 Å². The number of hydrogen-bond donors (Lipinski definition) is 2. The minimum absolute atomic E-state index is 0.0193. The normalized spacial score (nSPS) is 15.2. The van der Waals surface area contributed by atoms with Gasteiger partial charge in [0.1, 0.15) is 0 Å². The van der Waals surface area contributed by atoms with Gasteiger partial charge in [-0.05, 0) is 37.7 Å². The molecule has 4 nitrogen and oxygen atoms in total. The molecule has 136 valence electrons. The lowest BCUT2D eigenvalue weighted by Gasteiger charge is -2.33. The lowest BCUT2D eigenvalue weighted by atomic mass is 9.87. The summed E-state index contributed by atoms with van der Waals surface area (Å²) in [6, 6.07) is 7.50. The van der Waals surface area contributed by atoms with Crippen LogP contribution >= 0.6 is 0 Å². The topological polar surface area (TPSA) is 66.6 Å². The van der Waals surface area contributed by atoms with E-state index in [4.69, 9.17) is 5.73 Å². The van der Waals surface area contributed by atoms with Crippen molar-refractivity contribution in [3.05, 3.63) is 35.4 Å². The summed E-state index contributed by atoms with van der Waals surface area (Å²) in [4.78, 5) is 14.4. The summed E-state index contributed by atoms with van der Waals surface area (Å²) in [6.07, 6.45) is 2.01. The number of rotatable bonds is 9. The summed E-state index contributed by atoms with van der Waals surface area (Å²) in [5.74, 6) is 0.0909. The molecule has 2 atom stereocenters. The number of carbonyl (C=O) groups is 1. The van der Waals surface area contributed by atoms with Crippen LogP contribution in [0.1, 0.15) is 58.1 Å². The lowest BCUT2D eigenvalue weighted by molar-refractivity contribution is -0.134. The maximum Gasteiger partial charge on any atom is 0.239 e. The first-order valence-corrected chi connectivity index (χ1v) is 9.09. The minimum Gasteiger partial charge on any atom is -0.385 e. The van der Waals surface area contributed by atoms with E-state index >= 15 is 0 Å². The molecule has 1 rings (SSSR count). The number of nitrogens with two attached hydrogens (primary N) is 1. The molecular weight excluding hydrogens is 300 g/mol. The van der Waals surface area contributed by atoms with Gasteiger partial charge in [0.05, 0.1) is 11.6 Å². The zero-order valence-corrected chi connectivity index (χ0v) is 15.9. The Morgan fingerprint density at radius 1 is 1.21 bits per heavy atom. The van der Waals surface area contributed by atoms with Gasteiger partial charge >= 0.3 is 0 Å². The number of amides is 1. The zero-order chi connectivity index (χ0) is 18.3. The van der Waals surface area contributed by atoms with Crippen molar-refractivity contribution in [2.24, 2.45) is 11.7 Å². The Bertz CT molecular complexity index is 513. The second-order valence-electron chi connectivity index (χ2n) is 7.10. The molecule has 0 aliphatic rings. The lowest BCUT2D eigenvalue weighted by Crippen LogP contribution is -2.48. The molecule has 0 heterocycles. The number of nitrogens with zero attached hydrogens (tertiary/aromatic N) is 1. The van der Waals surface area contributed by atoms with Crippen LogP contribution in [0.4, 0.5) is 0 Å². The first kappa shape index (κ1) is 20.7. The van der Waals surface area contributed by atoms with E-state index in [1.54, 1.807) is 4.90 Å². The Labute approximate surface area is 147 Å². The van der Waals surface area contributed by atoms with Crippen molar-refractivity contribution in [3.63, 3.8) is 0 Å². The molecule has 0 aromatic heterocycles. The predicted octanol–water partition coefficient (Wildman–Crippen LogP) is 3.20. The molecule has 1 aromatic rings. The Balaban J connectivity index is 2.86. The molecule has 0 aliphatic carbocycles. The van der Waals surface area contributed by atoms with Gasteiger partial charge < -0.3 is 15.7 Å². The minimum atomic E-state index is -0.915. The number of benzene rings is 1. The van der Waals surface area contributed by atoms with E-state index in [1.807, 2.05) is 58.9 Å². The van der Waals surface area contributed by atoms with Crippen molar-refractivity contribution < 1.29 is 9.90 Å². The van der Waals surface area contributed by atoms with E-state index < -0.39 is 11.6 Å². The Hall–Kier alpha value is -1.39. The van der Waals surface area contributed by atoms with Crippen molar-refractivity contribution >= 4 is 5.91 Å². The summed E-state index contributed by atoms with van der Waals surface area (Å²) < 4.78 is 0. The van der Waals surface area contributed by atoms with Gasteiger partial charge in [-0.3, -0.25) is 4.79 Å². The SMILES string of the molecule is CCCN(CCC(O)(CC)c1ccc(C)cc1)C(=O)[C@H](N)C(C)C. The third-order valence-corrected chi connectivity index (χ3v) is 4.78. The van der Waals surface area contributed by atoms with Gasteiger partial charge in [0, 0.05) is 13.1 Å². The fraction of sp³-hybridized carbons (Fsp3) is 0.650. The van der Waals surface area contributed by atoms with Gasteiger partial charge in [-0.1, -0.05) is 57.5 Å². The molecule has 1 unspecified atom stereocenters. The van der Waals surface area contributed by atoms with Crippen LogP contribution in [-0.4, -0.2) is 35.0 Å². The average Bonchev–Trinajstić information content (AvgIpc) is 2.57. The summed E-state index contributed by atoms with van der Waals surface area (Å²) in [6.45, 7) is 11.2. The van der Waals surface area contributed by atoms with Crippen LogP contribution in [0.25, 0.3) is 0 Å². The largest absolute Gasteiger partial charge is 0.385 e. The third kappa shape index (κ3) is 5.32. The molecule has 1 aromatic carbocycles. The molecule has 0 bridgehead atoms. The van der Waals surface area contributed by atoms with Gasteiger partial charge in [0.25, 0.3) is 0 Å². The van der Waals surface area contributed by atoms with E-state index in [9.17, 15) is 9.90 Å². The molecule has 4 heteroatoms. The van der Waals surface area contributed by atoms with E-state index in [2.05, 4.69) is 0 Å². The fourth-order valence-electron chi connectivity index (χ4n) is 2.81. The number of hydrogen-bond acceptors (Lipinski definition) is 3. The molecule has 0 spiro atoms. The highest BCUT2D eigenvalue weighted by molar-refractivity contribution is 5.81. The second kappa shape index (κ2) is 9.19. The number of aliphatic hydroxyl groups is 1.